The number of aryl methyl sites for hydroxylation is 1. The van der Waals surface area contributed by atoms with Gasteiger partial charge < -0.3 is 5.32 Å². The van der Waals surface area contributed by atoms with Crippen molar-refractivity contribution in [2.75, 3.05) is 0 Å². The minimum Gasteiger partial charge on any atom is -0.349 e. The fourth-order valence-electron chi connectivity index (χ4n) is 0.831. The van der Waals surface area contributed by atoms with Crippen LogP contribution < -0.4 is 5.32 Å². The van der Waals surface area contributed by atoms with E-state index in [1.165, 1.54) is 0 Å². The Hall–Kier alpha value is -0.970. The molecule has 13 heavy (non-hydrogen) atoms. The monoisotopic (exact) mass is 199 g/mol. The summed E-state index contributed by atoms with van der Waals surface area (Å²) in [6.45, 7) is 5.79. The van der Waals surface area contributed by atoms with E-state index in [0.29, 0.717) is 10.6 Å². The van der Waals surface area contributed by atoms with Crippen LogP contribution in [0.4, 0.5) is 0 Å². The molecule has 1 unspecified atom stereocenters. The summed E-state index contributed by atoms with van der Waals surface area (Å²) < 4.78 is 3.71. The third kappa shape index (κ3) is 2.48. The van der Waals surface area contributed by atoms with Gasteiger partial charge in [0.2, 0.25) is 0 Å². The van der Waals surface area contributed by atoms with Crippen LogP contribution in [-0.2, 0) is 0 Å². The Morgan fingerprint density at radius 2 is 2.38 bits per heavy atom. The van der Waals surface area contributed by atoms with Crippen LogP contribution in [-0.4, -0.2) is 21.5 Å². The maximum Gasteiger partial charge on any atom is 0.265 e. The zero-order valence-corrected chi connectivity index (χ0v) is 8.81. The molecule has 0 aliphatic carbocycles. The first-order chi connectivity index (χ1) is 6.15. The lowest BCUT2D eigenvalue weighted by molar-refractivity contribution is 0.0942. The van der Waals surface area contributed by atoms with Gasteiger partial charge in [0.15, 0.2) is 0 Å². The average molecular weight is 199 g/mol. The number of rotatable bonds is 3. The molecule has 1 heterocycles. The van der Waals surface area contributed by atoms with Crippen LogP contribution in [0, 0.1) is 6.92 Å². The lowest BCUT2D eigenvalue weighted by Crippen LogP contribution is -2.31. The first-order valence-corrected chi connectivity index (χ1v) is 5.02. The fraction of sp³-hybridized carbons (Fsp3) is 0.625. The number of nitrogens with zero attached hydrogens (tertiary/aromatic N) is 2. The van der Waals surface area contributed by atoms with Gasteiger partial charge in [-0.15, -0.1) is 5.10 Å². The molecule has 0 saturated carbocycles. The molecule has 0 radical (unpaired) electrons. The standard InChI is InChI=1S/C8H13N3OS/c1-4-5(2)9-8(12)7-6(3)10-11-13-7/h5H,4H2,1-3H3,(H,9,12). The van der Waals surface area contributed by atoms with Crippen molar-refractivity contribution in [3.63, 3.8) is 0 Å². The molecule has 0 aliphatic heterocycles. The molecule has 0 aliphatic rings. The van der Waals surface area contributed by atoms with Crippen molar-refractivity contribution in [2.45, 2.75) is 33.2 Å². The van der Waals surface area contributed by atoms with Crippen LogP contribution in [0.5, 0.6) is 0 Å². The van der Waals surface area contributed by atoms with Gasteiger partial charge in [-0.3, -0.25) is 4.79 Å². The predicted octanol–water partition coefficient (Wildman–Crippen LogP) is 1.37. The predicted molar refractivity (Wildman–Crippen MR) is 51.9 cm³/mol. The van der Waals surface area contributed by atoms with E-state index in [9.17, 15) is 4.79 Å². The van der Waals surface area contributed by atoms with Crippen molar-refractivity contribution in [2.24, 2.45) is 0 Å². The number of nitrogens with one attached hydrogen (secondary N) is 1. The third-order valence-corrected chi connectivity index (χ3v) is 2.67. The fourth-order valence-corrected chi connectivity index (χ4v) is 1.39. The zero-order valence-electron chi connectivity index (χ0n) is 8.00. The Morgan fingerprint density at radius 3 is 2.85 bits per heavy atom. The minimum atomic E-state index is -0.0677. The smallest absolute Gasteiger partial charge is 0.265 e. The summed E-state index contributed by atoms with van der Waals surface area (Å²) >= 11 is 1.14. The number of hydrogen-bond donors (Lipinski definition) is 1. The molecule has 0 spiro atoms. The number of carbonyl (C=O) groups is 1. The molecular formula is C8H13N3OS. The minimum absolute atomic E-state index is 0.0677. The van der Waals surface area contributed by atoms with Gasteiger partial charge in [-0.05, 0) is 31.8 Å². The van der Waals surface area contributed by atoms with E-state index in [1.807, 2.05) is 13.8 Å². The van der Waals surface area contributed by atoms with Crippen LogP contribution >= 0.6 is 11.5 Å². The van der Waals surface area contributed by atoms with E-state index in [0.717, 1.165) is 18.0 Å². The first-order valence-electron chi connectivity index (χ1n) is 4.25. The van der Waals surface area contributed by atoms with E-state index in [-0.39, 0.29) is 11.9 Å². The topological polar surface area (TPSA) is 54.9 Å². The Labute approximate surface area is 81.5 Å². The molecule has 5 heteroatoms. The van der Waals surface area contributed by atoms with Crippen molar-refractivity contribution in [1.29, 1.82) is 0 Å². The van der Waals surface area contributed by atoms with Crippen LogP contribution in [0.15, 0.2) is 0 Å². The van der Waals surface area contributed by atoms with Gasteiger partial charge in [0.1, 0.15) is 4.88 Å². The maximum absolute atomic E-state index is 11.5. The van der Waals surface area contributed by atoms with Crippen molar-refractivity contribution >= 4 is 17.4 Å². The van der Waals surface area contributed by atoms with Crippen molar-refractivity contribution in [3.8, 4) is 0 Å². The highest BCUT2D eigenvalue weighted by Crippen LogP contribution is 2.08. The molecule has 1 rings (SSSR count). The summed E-state index contributed by atoms with van der Waals surface area (Å²) in [5.74, 6) is -0.0677. The molecule has 1 aromatic rings. The van der Waals surface area contributed by atoms with Gasteiger partial charge in [-0.1, -0.05) is 11.4 Å². The highest BCUT2D eigenvalue weighted by Gasteiger charge is 2.14. The molecule has 0 fully saturated rings. The molecule has 0 bridgehead atoms. The lowest BCUT2D eigenvalue weighted by Gasteiger charge is -2.09. The van der Waals surface area contributed by atoms with Crippen LogP contribution in [0.1, 0.15) is 35.6 Å². The van der Waals surface area contributed by atoms with E-state index in [2.05, 4.69) is 14.9 Å². The molecular weight excluding hydrogens is 186 g/mol. The Morgan fingerprint density at radius 1 is 1.69 bits per heavy atom. The van der Waals surface area contributed by atoms with Gasteiger partial charge in [0, 0.05) is 6.04 Å². The summed E-state index contributed by atoms with van der Waals surface area (Å²) in [6, 6.07) is 0.203. The number of amides is 1. The second-order valence-electron chi connectivity index (χ2n) is 2.97. The van der Waals surface area contributed by atoms with E-state index >= 15 is 0 Å². The van der Waals surface area contributed by atoms with Crippen LogP contribution in [0.3, 0.4) is 0 Å². The summed E-state index contributed by atoms with van der Waals surface area (Å²) in [5.41, 5.74) is 0.700. The van der Waals surface area contributed by atoms with Crippen LogP contribution in [0.2, 0.25) is 0 Å². The maximum atomic E-state index is 11.5. The molecule has 0 aromatic carbocycles. The summed E-state index contributed by atoms with van der Waals surface area (Å²) in [4.78, 5) is 12.1. The quantitative estimate of drug-likeness (QED) is 0.800. The van der Waals surface area contributed by atoms with E-state index < -0.39 is 0 Å². The van der Waals surface area contributed by atoms with Crippen molar-refractivity contribution in [1.82, 2.24) is 14.9 Å². The van der Waals surface area contributed by atoms with Gasteiger partial charge in [-0.2, -0.15) is 0 Å². The highest BCUT2D eigenvalue weighted by atomic mass is 32.1. The Bertz CT molecular complexity index is 297. The largest absolute Gasteiger partial charge is 0.349 e. The van der Waals surface area contributed by atoms with Crippen molar-refractivity contribution in [3.05, 3.63) is 10.6 Å². The van der Waals surface area contributed by atoms with Gasteiger partial charge in [0.25, 0.3) is 5.91 Å². The molecule has 1 amide bonds. The highest BCUT2D eigenvalue weighted by molar-refractivity contribution is 7.07. The number of aromatic nitrogens is 2. The first kappa shape index (κ1) is 10.1. The second kappa shape index (κ2) is 4.32. The van der Waals surface area contributed by atoms with Crippen molar-refractivity contribution < 1.29 is 4.79 Å². The van der Waals surface area contributed by atoms with Gasteiger partial charge in [-0.25, -0.2) is 0 Å². The normalized spacial score (nSPS) is 12.5. The summed E-state index contributed by atoms with van der Waals surface area (Å²) in [5, 5.41) is 6.64. The summed E-state index contributed by atoms with van der Waals surface area (Å²) in [7, 11) is 0. The summed E-state index contributed by atoms with van der Waals surface area (Å²) in [6.07, 6.45) is 0.928. The molecule has 0 saturated heterocycles. The average Bonchev–Trinajstić information content (AvgIpc) is 2.51. The van der Waals surface area contributed by atoms with Gasteiger partial charge in [0.05, 0.1) is 5.69 Å². The van der Waals surface area contributed by atoms with Gasteiger partial charge >= 0.3 is 0 Å². The Kier molecular flexibility index (Phi) is 3.36. The lowest BCUT2D eigenvalue weighted by atomic mass is 10.2. The molecule has 1 N–H and O–H groups in total. The molecule has 4 nitrogen and oxygen atoms in total. The molecule has 1 atom stereocenters. The Balaban J connectivity index is 2.64. The molecule has 72 valence electrons. The van der Waals surface area contributed by atoms with E-state index in [1.54, 1.807) is 6.92 Å². The van der Waals surface area contributed by atoms with Crippen LogP contribution in [0.25, 0.3) is 0 Å². The number of hydrogen-bond acceptors (Lipinski definition) is 4. The number of carbonyl (C=O) groups excluding carboxylic acids is 1. The van der Waals surface area contributed by atoms with E-state index in [4.69, 9.17) is 0 Å². The molecule has 1 aromatic heterocycles. The second-order valence-corrected chi connectivity index (χ2v) is 3.72. The third-order valence-electron chi connectivity index (χ3n) is 1.85. The SMILES string of the molecule is CCC(C)NC(=O)c1snnc1C. The zero-order chi connectivity index (χ0) is 9.84.